The van der Waals surface area contributed by atoms with Crippen LogP contribution in [-0.4, -0.2) is 22.1 Å². The van der Waals surface area contributed by atoms with Crippen molar-refractivity contribution < 1.29 is 13.2 Å². The number of hydrogen-bond acceptors (Lipinski definition) is 3. The van der Waals surface area contributed by atoms with E-state index in [1.54, 1.807) is 12.1 Å². The van der Waals surface area contributed by atoms with Crippen molar-refractivity contribution >= 4 is 23.5 Å². The first-order valence-electron chi connectivity index (χ1n) is 6.53. The third-order valence-electron chi connectivity index (χ3n) is 3.63. The van der Waals surface area contributed by atoms with Crippen molar-refractivity contribution in [1.82, 2.24) is 5.32 Å². The van der Waals surface area contributed by atoms with Gasteiger partial charge in [0.15, 0.2) is 0 Å². The van der Waals surface area contributed by atoms with Crippen LogP contribution in [0.3, 0.4) is 0 Å². The van der Waals surface area contributed by atoms with Gasteiger partial charge in [0, 0.05) is 24.0 Å². The van der Waals surface area contributed by atoms with Gasteiger partial charge < -0.3 is 5.32 Å². The number of alkyl halides is 3. The predicted molar refractivity (Wildman–Crippen MR) is 78.8 cm³/mol. The van der Waals surface area contributed by atoms with Crippen molar-refractivity contribution in [1.29, 1.82) is 0 Å². The maximum atomic E-state index is 12.6. The largest absolute Gasteiger partial charge is 0.416 e. The quantitative estimate of drug-likeness (QED) is 0.836. The molecule has 3 rings (SSSR count). The van der Waals surface area contributed by atoms with Crippen molar-refractivity contribution in [2.75, 3.05) is 18.1 Å². The average molecular weight is 318 g/mol. The molecule has 1 N–H and O–H groups in total. The minimum atomic E-state index is -4.26. The lowest BCUT2D eigenvalue weighted by Gasteiger charge is -2.37. The van der Waals surface area contributed by atoms with Crippen LogP contribution in [0.4, 0.5) is 13.2 Å². The van der Waals surface area contributed by atoms with E-state index in [1.807, 2.05) is 23.5 Å². The molecular formula is C14H15F3NS2. The minimum absolute atomic E-state index is 0.0455. The summed E-state index contributed by atoms with van der Waals surface area (Å²) >= 11 is 3.92. The second-order valence-electron chi connectivity index (χ2n) is 4.98. The monoisotopic (exact) mass is 318 g/mol. The summed E-state index contributed by atoms with van der Waals surface area (Å²) in [6.07, 6.45) is -0.915. The van der Waals surface area contributed by atoms with Crippen LogP contribution in [0, 0.1) is 6.42 Å². The van der Waals surface area contributed by atoms with E-state index in [0.29, 0.717) is 0 Å². The molecule has 1 aromatic carbocycles. The zero-order valence-corrected chi connectivity index (χ0v) is 12.4. The molecule has 0 aromatic heterocycles. The fourth-order valence-corrected chi connectivity index (χ4v) is 5.75. The number of thioether (sulfide) groups is 2. The number of rotatable bonds is 1. The van der Waals surface area contributed by atoms with Crippen LogP contribution < -0.4 is 5.32 Å². The summed E-state index contributed by atoms with van der Waals surface area (Å²) < 4.78 is 37.9. The Morgan fingerprint density at radius 1 is 1.10 bits per heavy atom. The van der Waals surface area contributed by atoms with E-state index in [-0.39, 0.29) is 10.1 Å². The molecular weight excluding hydrogens is 303 g/mol. The van der Waals surface area contributed by atoms with Crippen LogP contribution >= 0.6 is 23.5 Å². The van der Waals surface area contributed by atoms with E-state index in [9.17, 15) is 13.2 Å². The number of hydrogen-bond donors (Lipinski definition) is 1. The summed E-state index contributed by atoms with van der Waals surface area (Å²) in [6.45, 7) is 0.905. The van der Waals surface area contributed by atoms with Crippen LogP contribution in [0.2, 0.25) is 0 Å². The standard InChI is InChI=1S/C14H15F3NS2/c15-14(16,17)11-3-1-10(2-4-11)12-9-13(5-6-18-12)19-7-8-20-13/h1-4,9,12,18H,5-8H2. The van der Waals surface area contributed by atoms with Gasteiger partial charge in [0.1, 0.15) is 0 Å². The molecule has 1 atom stereocenters. The highest BCUT2D eigenvalue weighted by molar-refractivity contribution is 8.21. The lowest BCUT2D eigenvalue weighted by molar-refractivity contribution is -0.137. The molecule has 1 nitrogen and oxygen atoms in total. The normalized spacial score (nSPS) is 26.1. The molecule has 2 aliphatic heterocycles. The van der Waals surface area contributed by atoms with Gasteiger partial charge in [0.25, 0.3) is 0 Å². The average Bonchev–Trinajstić information content (AvgIpc) is 2.86. The Balaban J connectivity index is 1.75. The lowest BCUT2D eigenvalue weighted by Crippen LogP contribution is -2.39. The summed E-state index contributed by atoms with van der Waals surface area (Å²) in [6, 6.07) is 5.55. The van der Waals surface area contributed by atoms with Gasteiger partial charge in [-0.15, -0.1) is 23.5 Å². The molecule has 1 spiro atoms. The molecule has 2 aliphatic rings. The smallest absolute Gasteiger partial charge is 0.310 e. The van der Waals surface area contributed by atoms with Crippen molar-refractivity contribution in [3.05, 3.63) is 41.8 Å². The Morgan fingerprint density at radius 3 is 2.35 bits per heavy atom. The van der Waals surface area contributed by atoms with Crippen LogP contribution in [0.25, 0.3) is 0 Å². The number of nitrogens with one attached hydrogen (secondary N) is 1. The lowest BCUT2D eigenvalue weighted by atomic mass is 9.96. The highest BCUT2D eigenvalue weighted by Gasteiger charge is 2.41. The maximum absolute atomic E-state index is 12.6. The number of piperidine rings is 1. The number of benzene rings is 1. The first-order valence-corrected chi connectivity index (χ1v) is 8.50. The molecule has 1 unspecified atom stereocenters. The SMILES string of the molecule is FC(F)(F)c1ccc(C2[CH]C3(CCN2)SCCS3)cc1. The van der Waals surface area contributed by atoms with Gasteiger partial charge in [-0.05, 0) is 30.7 Å². The van der Waals surface area contributed by atoms with Gasteiger partial charge in [-0.3, -0.25) is 0 Å². The van der Waals surface area contributed by atoms with Gasteiger partial charge >= 0.3 is 6.18 Å². The summed E-state index contributed by atoms with van der Waals surface area (Å²) in [4.78, 5) is 0. The van der Waals surface area contributed by atoms with Gasteiger partial charge in [-0.1, -0.05) is 12.1 Å². The number of halogens is 3. The molecule has 6 heteroatoms. The van der Waals surface area contributed by atoms with Crippen LogP contribution in [0.1, 0.15) is 23.6 Å². The third-order valence-corrected chi connectivity index (χ3v) is 7.07. The summed E-state index contributed by atoms with van der Waals surface area (Å²) in [7, 11) is 0. The third kappa shape index (κ3) is 2.97. The second-order valence-corrected chi connectivity index (χ2v) is 8.09. The Hall–Kier alpha value is -0.330. The van der Waals surface area contributed by atoms with E-state index in [2.05, 4.69) is 11.7 Å². The molecule has 0 bridgehead atoms. The molecule has 1 radical (unpaired) electrons. The fraction of sp³-hybridized carbons (Fsp3) is 0.500. The van der Waals surface area contributed by atoms with E-state index in [4.69, 9.17) is 0 Å². The highest BCUT2D eigenvalue weighted by Crippen LogP contribution is 2.52. The molecule has 0 amide bonds. The summed E-state index contributed by atoms with van der Waals surface area (Å²) in [5.41, 5.74) is 0.321. The van der Waals surface area contributed by atoms with Gasteiger partial charge in [0.2, 0.25) is 0 Å². The molecule has 109 valence electrons. The van der Waals surface area contributed by atoms with Crippen LogP contribution in [0.15, 0.2) is 24.3 Å². The topological polar surface area (TPSA) is 12.0 Å². The van der Waals surface area contributed by atoms with Gasteiger partial charge in [0.05, 0.1) is 9.64 Å². The Morgan fingerprint density at radius 2 is 1.75 bits per heavy atom. The zero-order chi connectivity index (χ0) is 14.2. The van der Waals surface area contributed by atoms with Crippen molar-refractivity contribution in [3.63, 3.8) is 0 Å². The second kappa shape index (κ2) is 5.46. The predicted octanol–water partition coefficient (Wildman–Crippen LogP) is 4.12. The van der Waals surface area contributed by atoms with Crippen LogP contribution in [-0.2, 0) is 6.18 Å². The Bertz CT molecular complexity index is 466. The molecule has 1 aromatic rings. The molecule has 2 saturated heterocycles. The molecule has 2 fully saturated rings. The molecule has 2 heterocycles. The maximum Gasteiger partial charge on any atom is 0.416 e. The molecule has 0 saturated carbocycles. The van der Waals surface area contributed by atoms with E-state index in [1.165, 1.54) is 12.1 Å². The fourth-order valence-electron chi connectivity index (χ4n) is 2.60. The zero-order valence-electron chi connectivity index (χ0n) is 10.7. The first kappa shape index (κ1) is 14.6. The van der Waals surface area contributed by atoms with E-state index < -0.39 is 11.7 Å². The van der Waals surface area contributed by atoms with E-state index >= 15 is 0 Å². The summed E-state index contributed by atoms with van der Waals surface area (Å²) in [5, 5.41) is 3.38. The minimum Gasteiger partial charge on any atom is -0.310 e. The van der Waals surface area contributed by atoms with Gasteiger partial charge in [-0.25, -0.2) is 0 Å². The summed E-state index contributed by atoms with van der Waals surface area (Å²) in [5.74, 6) is 2.31. The Kier molecular flexibility index (Phi) is 3.99. The molecule has 20 heavy (non-hydrogen) atoms. The molecule has 0 aliphatic carbocycles. The van der Waals surface area contributed by atoms with Crippen molar-refractivity contribution in [3.8, 4) is 0 Å². The Labute approximate surface area is 125 Å². The van der Waals surface area contributed by atoms with Crippen molar-refractivity contribution in [2.45, 2.75) is 22.7 Å². The first-order chi connectivity index (χ1) is 9.49. The van der Waals surface area contributed by atoms with E-state index in [0.717, 1.165) is 30.0 Å². The van der Waals surface area contributed by atoms with Crippen molar-refractivity contribution in [2.24, 2.45) is 0 Å². The van der Waals surface area contributed by atoms with Gasteiger partial charge in [-0.2, -0.15) is 13.2 Å². The van der Waals surface area contributed by atoms with Crippen LogP contribution in [0.5, 0.6) is 0 Å². The highest BCUT2D eigenvalue weighted by atomic mass is 32.2.